The predicted molar refractivity (Wildman–Crippen MR) is 177 cm³/mol. The van der Waals surface area contributed by atoms with Crippen LogP contribution in [0.1, 0.15) is 155 Å². The van der Waals surface area contributed by atoms with Gasteiger partial charge in [0.15, 0.2) is 5.60 Å². The fourth-order valence-corrected chi connectivity index (χ4v) is 6.55. The molecule has 1 aliphatic rings. The minimum absolute atomic E-state index is 0.239. The normalized spacial score (nSPS) is 13.7. The summed E-state index contributed by atoms with van der Waals surface area (Å²) in [4.78, 5) is 13.1. The van der Waals surface area contributed by atoms with Gasteiger partial charge in [0.2, 0.25) is 0 Å². The SMILES string of the molecule is CCCCCCCCCCc1ccc(C2(c3ccc(CCCCCCCCCC)cc3)OC(=O)c3ccccc32)cc1. The quantitative estimate of drug-likeness (QED) is 0.100. The molecule has 42 heavy (non-hydrogen) atoms. The van der Waals surface area contributed by atoms with Crippen LogP contribution in [0.5, 0.6) is 0 Å². The summed E-state index contributed by atoms with van der Waals surface area (Å²) in [7, 11) is 0. The van der Waals surface area contributed by atoms with Crippen LogP contribution in [0, 0.1) is 0 Å². The van der Waals surface area contributed by atoms with E-state index in [0.29, 0.717) is 5.56 Å². The van der Waals surface area contributed by atoms with E-state index in [9.17, 15) is 4.79 Å². The van der Waals surface area contributed by atoms with Gasteiger partial charge in [-0.2, -0.15) is 0 Å². The van der Waals surface area contributed by atoms with Crippen molar-refractivity contribution in [1.29, 1.82) is 0 Å². The lowest BCUT2D eigenvalue weighted by atomic mass is 9.79. The zero-order valence-corrected chi connectivity index (χ0v) is 26.5. The monoisotopic (exact) mass is 566 g/mol. The number of fused-ring (bicyclic) bond motifs is 1. The first-order valence-corrected chi connectivity index (χ1v) is 17.2. The van der Waals surface area contributed by atoms with E-state index in [2.05, 4.69) is 68.4 Å². The first kappa shape index (κ1) is 32.1. The lowest BCUT2D eigenvalue weighted by molar-refractivity contribution is 0.0251. The number of ether oxygens (including phenoxy) is 1. The average Bonchev–Trinajstić information content (AvgIpc) is 3.33. The number of carbonyl (C=O) groups excluding carboxylic acids is 1. The number of hydrogen-bond acceptors (Lipinski definition) is 2. The van der Waals surface area contributed by atoms with Crippen molar-refractivity contribution in [2.45, 2.75) is 135 Å². The summed E-state index contributed by atoms with van der Waals surface area (Å²) in [5.41, 5.74) is 5.48. The van der Waals surface area contributed by atoms with E-state index >= 15 is 0 Å². The molecule has 0 unspecified atom stereocenters. The van der Waals surface area contributed by atoms with Gasteiger partial charge in [-0.15, -0.1) is 0 Å². The number of unbranched alkanes of at least 4 members (excludes halogenated alkanes) is 14. The van der Waals surface area contributed by atoms with Crippen molar-refractivity contribution in [1.82, 2.24) is 0 Å². The lowest BCUT2D eigenvalue weighted by Gasteiger charge is -2.30. The van der Waals surface area contributed by atoms with Gasteiger partial charge in [-0.25, -0.2) is 4.79 Å². The van der Waals surface area contributed by atoms with Crippen LogP contribution in [0.4, 0.5) is 0 Å². The molecule has 0 aliphatic carbocycles. The van der Waals surface area contributed by atoms with Gasteiger partial charge >= 0.3 is 5.97 Å². The molecular formula is C40H54O2. The zero-order chi connectivity index (χ0) is 29.5. The molecule has 0 bridgehead atoms. The first-order chi connectivity index (χ1) is 20.7. The van der Waals surface area contributed by atoms with Gasteiger partial charge in [-0.1, -0.05) is 170 Å². The minimum atomic E-state index is -0.901. The predicted octanol–water partition coefficient (Wildman–Crippen LogP) is 11.5. The molecular weight excluding hydrogens is 512 g/mol. The standard InChI is InChI=1S/C40H54O2/c1-3-5-7-9-11-13-15-17-21-33-25-29-35(30-26-33)40(38-24-20-19-23-37(38)39(41)42-40)36-31-27-34(28-32-36)22-18-16-14-12-10-8-6-4-2/h19-20,23-32H,3-18,21-22H2,1-2H3. The van der Waals surface area contributed by atoms with Gasteiger partial charge < -0.3 is 4.74 Å². The van der Waals surface area contributed by atoms with E-state index in [1.54, 1.807) is 0 Å². The highest BCUT2D eigenvalue weighted by atomic mass is 16.6. The Morgan fingerprint density at radius 1 is 0.500 bits per heavy atom. The van der Waals surface area contributed by atoms with Crippen LogP contribution in [0.3, 0.4) is 0 Å². The van der Waals surface area contributed by atoms with E-state index in [4.69, 9.17) is 4.74 Å². The van der Waals surface area contributed by atoms with E-state index in [1.807, 2.05) is 18.2 Å². The molecule has 3 aromatic carbocycles. The molecule has 0 radical (unpaired) electrons. The molecule has 0 saturated carbocycles. The second-order valence-corrected chi connectivity index (χ2v) is 12.5. The van der Waals surface area contributed by atoms with E-state index in [0.717, 1.165) is 29.5 Å². The summed E-state index contributed by atoms with van der Waals surface area (Å²) in [6.45, 7) is 4.55. The largest absolute Gasteiger partial charge is 0.441 e. The Labute approximate surface area is 256 Å². The number of aryl methyl sites for hydroxylation is 2. The number of benzene rings is 3. The van der Waals surface area contributed by atoms with Gasteiger partial charge in [-0.3, -0.25) is 0 Å². The molecule has 1 aliphatic heterocycles. The van der Waals surface area contributed by atoms with Gasteiger partial charge in [-0.05, 0) is 42.9 Å². The van der Waals surface area contributed by atoms with E-state index in [-0.39, 0.29) is 5.97 Å². The third kappa shape index (κ3) is 8.59. The highest BCUT2D eigenvalue weighted by Crippen LogP contribution is 2.47. The lowest BCUT2D eigenvalue weighted by Crippen LogP contribution is -2.29. The second-order valence-electron chi connectivity index (χ2n) is 12.5. The van der Waals surface area contributed by atoms with Crippen LogP contribution >= 0.6 is 0 Å². The summed E-state index contributed by atoms with van der Waals surface area (Å²) in [6, 6.07) is 25.6. The smallest absolute Gasteiger partial charge is 0.340 e. The molecule has 0 fully saturated rings. The first-order valence-electron chi connectivity index (χ1n) is 17.2. The molecule has 0 saturated heterocycles. The van der Waals surface area contributed by atoms with Crippen molar-refractivity contribution in [3.05, 3.63) is 106 Å². The summed E-state index contributed by atoms with van der Waals surface area (Å²) in [5.74, 6) is -0.239. The molecule has 0 spiro atoms. The van der Waals surface area contributed by atoms with Gasteiger partial charge in [0.1, 0.15) is 0 Å². The number of hydrogen-bond donors (Lipinski definition) is 0. The zero-order valence-electron chi connectivity index (χ0n) is 26.5. The van der Waals surface area contributed by atoms with E-state index < -0.39 is 5.60 Å². The number of rotatable bonds is 20. The summed E-state index contributed by atoms with van der Waals surface area (Å²) < 4.78 is 6.34. The molecule has 1 heterocycles. The highest BCUT2D eigenvalue weighted by Gasteiger charge is 2.48. The highest BCUT2D eigenvalue weighted by molar-refractivity contribution is 5.96. The third-order valence-electron chi connectivity index (χ3n) is 9.13. The second kappa shape index (κ2) is 17.3. The maximum atomic E-state index is 13.1. The topological polar surface area (TPSA) is 26.3 Å². The number of carbonyl (C=O) groups is 1. The van der Waals surface area contributed by atoms with Gasteiger partial charge in [0.05, 0.1) is 5.56 Å². The van der Waals surface area contributed by atoms with Crippen molar-refractivity contribution in [2.24, 2.45) is 0 Å². The molecule has 0 aromatic heterocycles. The molecule has 0 amide bonds. The van der Waals surface area contributed by atoms with Crippen molar-refractivity contribution >= 4 is 5.97 Å². The Hall–Kier alpha value is -2.87. The molecule has 2 nitrogen and oxygen atoms in total. The molecule has 0 N–H and O–H groups in total. The third-order valence-corrected chi connectivity index (χ3v) is 9.13. The maximum absolute atomic E-state index is 13.1. The Morgan fingerprint density at radius 2 is 0.905 bits per heavy atom. The van der Waals surface area contributed by atoms with Crippen LogP contribution in [0.2, 0.25) is 0 Å². The van der Waals surface area contributed by atoms with Crippen LogP contribution in [-0.2, 0) is 23.2 Å². The number of esters is 1. The van der Waals surface area contributed by atoms with Crippen LogP contribution in [-0.4, -0.2) is 5.97 Å². The molecule has 3 aromatic rings. The molecule has 226 valence electrons. The molecule has 2 heteroatoms. The summed E-state index contributed by atoms with van der Waals surface area (Å²) in [6.07, 6.45) is 23.6. The van der Waals surface area contributed by atoms with E-state index in [1.165, 1.54) is 114 Å². The average molecular weight is 567 g/mol. The Balaban J connectivity index is 1.40. The Bertz CT molecular complexity index is 1130. The summed E-state index contributed by atoms with van der Waals surface area (Å²) in [5, 5.41) is 0. The fraction of sp³-hybridized carbons (Fsp3) is 0.525. The molecule has 4 rings (SSSR count). The minimum Gasteiger partial charge on any atom is -0.441 e. The van der Waals surface area contributed by atoms with Gasteiger partial charge in [0.25, 0.3) is 0 Å². The molecule has 0 atom stereocenters. The van der Waals surface area contributed by atoms with Crippen LogP contribution in [0.15, 0.2) is 72.8 Å². The van der Waals surface area contributed by atoms with Crippen molar-refractivity contribution in [3.63, 3.8) is 0 Å². The van der Waals surface area contributed by atoms with Crippen LogP contribution < -0.4 is 0 Å². The van der Waals surface area contributed by atoms with Crippen molar-refractivity contribution in [2.75, 3.05) is 0 Å². The number of cyclic esters (lactones) is 1. The van der Waals surface area contributed by atoms with Gasteiger partial charge in [0, 0.05) is 16.7 Å². The van der Waals surface area contributed by atoms with Crippen LogP contribution in [0.25, 0.3) is 0 Å². The fourth-order valence-electron chi connectivity index (χ4n) is 6.55. The Morgan fingerprint density at radius 3 is 1.36 bits per heavy atom. The summed E-state index contributed by atoms with van der Waals surface area (Å²) >= 11 is 0. The maximum Gasteiger partial charge on any atom is 0.340 e. The van der Waals surface area contributed by atoms with Crippen molar-refractivity contribution < 1.29 is 9.53 Å². The Kier molecular flexibility index (Phi) is 13.2. The van der Waals surface area contributed by atoms with Crippen molar-refractivity contribution in [3.8, 4) is 0 Å².